The number of aromatic nitrogens is 1. The quantitative estimate of drug-likeness (QED) is 0.802. The molecule has 0 saturated heterocycles. The van der Waals surface area contributed by atoms with Crippen LogP contribution >= 0.6 is 11.3 Å². The summed E-state index contributed by atoms with van der Waals surface area (Å²) in [4.78, 5) is 15.8. The van der Waals surface area contributed by atoms with E-state index in [0.29, 0.717) is 5.01 Å². The summed E-state index contributed by atoms with van der Waals surface area (Å²) in [5.74, 6) is 0. The van der Waals surface area contributed by atoms with Crippen molar-refractivity contribution in [1.29, 1.82) is 0 Å². The van der Waals surface area contributed by atoms with Crippen LogP contribution in [0.4, 0.5) is 4.79 Å². The first kappa shape index (κ1) is 16.7. The zero-order valence-electron chi connectivity index (χ0n) is 12.7. The molecule has 0 aliphatic rings. The van der Waals surface area contributed by atoms with Gasteiger partial charge >= 0.3 is 6.09 Å². The number of para-hydroxylation sites is 1. The Bertz CT molecular complexity index is 617. The maximum absolute atomic E-state index is 11.5. The molecule has 0 aliphatic heterocycles. The van der Waals surface area contributed by atoms with Crippen molar-refractivity contribution in [2.24, 2.45) is 0 Å². The molecule has 2 atom stereocenters. The number of carbonyl (C=O) groups excluding carboxylic acids is 1. The number of benzene rings is 1. The molecule has 2 rings (SSSR count). The van der Waals surface area contributed by atoms with Gasteiger partial charge in [0.1, 0.15) is 22.8 Å². The molecule has 2 aromatic rings. The van der Waals surface area contributed by atoms with Gasteiger partial charge < -0.3 is 20.3 Å². The third kappa shape index (κ3) is 4.40. The van der Waals surface area contributed by atoms with Crippen molar-refractivity contribution >= 4 is 27.6 Å². The highest BCUT2D eigenvalue weighted by Crippen LogP contribution is 2.27. The SMILES string of the molecule is CC(C)(C)OC(=O)NCC(O)C(O)c1nc2ccccc2s1. The van der Waals surface area contributed by atoms with E-state index in [1.807, 2.05) is 24.3 Å². The van der Waals surface area contributed by atoms with E-state index in [2.05, 4.69) is 10.3 Å². The third-order valence-electron chi connectivity index (χ3n) is 2.78. The molecule has 1 heterocycles. The Balaban J connectivity index is 1.94. The fraction of sp³-hybridized carbons (Fsp3) is 0.467. The number of alkyl carbamates (subject to hydrolysis) is 1. The summed E-state index contributed by atoms with van der Waals surface area (Å²) < 4.78 is 6.00. The predicted octanol–water partition coefficient (Wildman–Crippen LogP) is 2.22. The van der Waals surface area contributed by atoms with Crippen LogP contribution in [0.2, 0.25) is 0 Å². The number of nitrogens with one attached hydrogen (secondary N) is 1. The van der Waals surface area contributed by atoms with Crippen LogP contribution in [0.5, 0.6) is 0 Å². The maximum atomic E-state index is 11.5. The number of fused-ring (bicyclic) bond motifs is 1. The van der Waals surface area contributed by atoms with Crippen LogP contribution in [0.1, 0.15) is 31.9 Å². The Morgan fingerprint density at radius 1 is 1.36 bits per heavy atom. The summed E-state index contributed by atoms with van der Waals surface area (Å²) in [6.07, 6.45) is -2.96. The molecule has 6 nitrogen and oxygen atoms in total. The average Bonchev–Trinajstić information content (AvgIpc) is 2.85. The topological polar surface area (TPSA) is 91.7 Å². The number of nitrogens with zero attached hydrogens (tertiary/aromatic N) is 1. The number of aliphatic hydroxyl groups is 2. The zero-order valence-corrected chi connectivity index (χ0v) is 13.6. The number of aliphatic hydroxyl groups excluding tert-OH is 2. The number of hydrogen-bond acceptors (Lipinski definition) is 6. The Kier molecular flexibility index (Phi) is 5.00. The first-order valence-electron chi connectivity index (χ1n) is 6.95. The minimum absolute atomic E-state index is 0.119. The lowest BCUT2D eigenvalue weighted by molar-refractivity contribution is 0.0129. The molecular weight excluding hydrogens is 304 g/mol. The molecule has 1 aromatic heterocycles. The number of carbonyl (C=O) groups is 1. The van der Waals surface area contributed by atoms with E-state index in [1.54, 1.807) is 20.8 Å². The highest BCUT2D eigenvalue weighted by Gasteiger charge is 2.24. The first-order valence-corrected chi connectivity index (χ1v) is 7.76. The molecule has 0 saturated carbocycles. The summed E-state index contributed by atoms with van der Waals surface area (Å²) in [6, 6.07) is 7.48. The third-order valence-corrected chi connectivity index (χ3v) is 3.89. The highest BCUT2D eigenvalue weighted by molar-refractivity contribution is 7.18. The van der Waals surface area contributed by atoms with Crippen LogP contribution in [-0.2, 0) is 4.74 Å². The van der Waals surface area contributed by atoms with Crippen molar-refractivity contribution in [3.8, 4) is 0 Å². The van der Waals surface area contributed by atoms with Crippen molar-refractivity contribution in [3.63, 3.8) is 0 Å². The van der Waals surface area contributed by atoms with E-state index in [0.717, 1.165) is 10.2 Å². The van der Waals surface area contributed by atoms with E-state index in [-0.39, 0.29) is 6.54 Å². The van der Waals surface area contributed by atoms with Gasteiger partial charge in [0.25, 0.3) is 0 Å². The summed E-state index contributed by atoms with van der Waals surface area (Å²) in [5.41, 5.74) is 0.162. The minimum atomic E-state index is -1.16. The molecule has 7 heteroatoms. The second-order valence-corrected chi connectivity index (χ2v) is 6.98. The van der Waals surface area contributed by atoms with Gasteiger partial charge in [0, 0.05) is 6.54 Å². The summed E-state index contributed by atoms with van der Waals surface area (Å²) in [5, 5.41) is 23.0. The molecule has 1 aromatic carbocycles. The number of amides is 1. The normalized spacial score (nSPS) is 14.6. The van der Waals surface area contributed by atoms with E-state index >= 15 is 0 Å². The molecule has 0 bridgehead atoms. The van der Waals surface area contributed by atoms with Crippen LogP contribution < -0.4 is 5.32 Å². The lowest BCUT2D eigenvalue weighted by atomic mass is 10.2. The standard InChI is InChI=1S/C15H20N2O4S/c1-15(2,3)21-14(20)16-8-10(18)12(19)13-17-9-6-4-5-7-11(9)22-13/h4-7,10,12,18-19H,8H2,1-3H3,(H,16,20). The van der Waals surface area contributed by atoms with Crippen molar-refractivity contribution < 1.29 is 19.7 Å². The van der Waals surface area contributed by atoms with E-state index in [4.69, 9.17) is 4.74 Å². The molecule has 3 N–H and O–H groups in total. The molecule has 120 valence electrons. The molecule has 0 aliphatic carbocycles. The Hall–Kier alpha value is -1.70. The van der Waals surface area contributed by atoms with Crippen LogP contribution in [0, 0.1) is 0 Å². The van der Waals surface area contributed by atoms with Crippen LogP contribution in [0.15, 0.2) is 24.3 Å². The first-order chi connectivity index (χ1) is 10.3. The smallest absolute Gasteiger partial charge is 0.407 e. The maximum Gasteiger partial charge on any atom is 0.407 e. The highest BCUT2D eigenvalue weighted by atomic mass is 32.1. The van der Waals surface area contributed by atoms with Crippen molar-refractivity contribution in [3.05, 3.63) is 29.3 Å². The monoisotopic (exact) mass is 324 g/mol. The number of rotatable bonds is 4. The summed E-state index contributed by atoms with van der Waals surface area (Å²) in [6.45, 7) is 5.13. The van der Waals surface area contributed by atoms with Gasteiger partial charge in [-0.05, 0) is 32.9 Å². The van der Waals surface area contributed by atoms with Gasteiger partial charge in [-0.1, -0.05) is 12.1 Å². The molecule has 0 fully saturated rings. The van der Waals surface area contributed by atoms with Gasteiger partial charge in [-0.25, -0.2) is 9.78 Å². The van der Waals surface area contributed by atoms with Gasteiger partial charge in [-0.3, -0.25) is 0 Å². The summed E-state index contributed by atoms with van der Waals surface area (Å²) >= 11 is 1.31. The molecule has 2 unspecified atom stereocenters. The fourth-order valence-electron chi connectivity index (χ4n) is 1.79. The van der Waals surface area contributed by atoms with Crippen molar-refractivity contribution in [1.82, 2.24) is 10.3 Å². The van der Waals surface area contributed by atoms with Crippen molar-refractivity contribution in [2.45, 2.75) is 38.6 Å². The number of thiazole rings is 1. The number of hydrogen-bond donors (Lipinski definition) is 3. The average molecular weight is 324 g/mol. The second kappa shape index (κ2) is 6.60. The van der Waals surface area contributed by atoms with Gasteiger partial charge in [-0.2, -0.15) is 0 Å². The molecule has 0 radical (unpaired) electrons. The second-order valence-electron chi connectivity index (χ2n) is 5.91. The number of ether oxygens (including phenoxy) is 1. The minimum Gasteiger partial charge on any atom is -0.444 e. The lowest BCUT2D eigenvalue weighted by Crippen LogP contribution is -2.38. The van der Waals surface area contributed by atoms with Crippen LogP contribution in [0.3, 0.4) is 0 Å². The Morgan fingerprint density at radius 3 is 2.68 bits per heavy atom. The van der Waals surface area contributed by atoms with Crippen molar-refractivity contribution in [2.75, 3.05) is 6.54 Å². The van der Waals surface area contributed by atoms with Crippen LogP contribution in [-0.4, -0.2) is 39.5 Å². The van der Waals surface area contributed by atoms with Gasteiger partial charge in [0.05, 0.1) is 10.2 Å². The van der Waals surface area contributed by atoms with E-state index < -0.39 is 23.9 Å². The lowest BCUT2D eigenvalue weighted by Gasteiger charge is -2.21. The zero-order chi connectivity index (χ0) is 16.3. The molecular formula is C15H20N2O4S. The van der Waals surface area contributed by atoms with E-state index in [9.17, 15) is 15.0 Å². The van der Waals surface area contributed by atoms with Gasteiger partial charge in [-0.15, -0.1) is 11.3 Å². The molecule has 22 heavy (non-hydrogen) atoms. The molecule has 0 spiro atoms. The fourth-order valence-corrected chi connectivity index (χ4v) is 2.81. The van der Waals surface area contributed by atoms with Crippen LogP contribution in [0.25, 0.3) is 10.2 Å². The summed E-state index contributed by atoms with van der Waals surface area (Å²) in [7, 11) is 0. The largest absolute Gasteiger partial charge is 0.444 e. The van der Waals surface area contributed by atoms with Gasteiger partial charge in [0.2, 0.25) is 0 Å². The van der Waals surface area contributed by atoms with E-state index in [1.165, 1.54) is 11.3 Å². The van der Waals surface area contributed by atoms with Gasteiger partial charge in [0.15, 0.2) is 0 Å². The molecule has 1 amide bonds. The Labute approximate surface area is 132 Å². The Morgan fingerprint density at radius 2 is 2.05 bits per heavy atom. The predicted molar refractivity (Wildman–Crippen MR) is 84.8 cm³/mol.